The molecule has 1 heterocycles. The first-order chi connectivity index (χ1) is 9.08. The summed E-state index contributed by atoms with van der Waals surface area (Å²) in [5.41, 5.74) is 7.69. The highest BCUT2D eigenvalue weighted by atomic mass is 32.1. The van der Waals surface area contributed by atoms with Gasteiger partial charge in [0.15, 0.2) is 5.82 Å². The number of nitrogens with zero attached hydrogens (tertiary/aromatic N) is 2. The van der Waals surface area contributed by atoms with Crippen LogP contribution in [0, 0.1) is 0 Å². The number of benzene rings is 1. The smallest absolute Gasteiger partial charge is 0.178 e. The fourth-order valence-corrected chi connectivity index (χ4v) is 1.69. The fraction of sp³-hybridized carbons (Fsp3) is 0.167. The second-order valence-electron chi connectivity index (χ2n) is 3.92. The lowest BCUT2D eigenvalue weighted by atomic mass is 10.2. The summed E-state index contributed by atoms with van der Waals surface area (Å²) in [6, 6.07) is 7.86. The van der Waals surface area contributed by atoms with Crippen LogP contribution in [-0.4, -0.2) is 15.0 Å². The summed E-state index contributed by atoms with van der Waals surface area (Å²) in [4.78, 5) is 4.29. The van der Waals surface area contributed by atoms with Crippen LogP contribution in [-0.2, 0) is 0 Å². The predicted octanol–water partition coefficient (Wildman–Crippen LogP) is 3.86. The van der Waals surface area contributed by atoms with Gasteiger partial charge in [-0.2, -0.15) is 0 Å². The Morgan fingerprint density at radius 1 is 1.21 bits per heavy atom. The maximum absolute atomic E-state index is 4.98. The minimum Gasteiger partial charge on any atom is -0.336 e. The van der Waals surface area contributed by atoms with Crippen molar-refractivity contribution in [3.63, 3.8) is 0 Å². The first kappa shape index (κ1) is 13.6. The topological polar surface area (TPSA) is 64.6 Å². The zero-order chi connectivity index (χ0) is 13.8. The van der Waals surface area contributed by atoms with Crippen LogP contribution in [0.2, 0.25) is 0 Å². The number of hydrogen-bond acceptors (Lipinski definition) is 4. The summed E-state index contributed by atoms with van der Waals surface area (Å²) < 4.78 is 0. The summed E-state index contributed by atoms with van der Waals surface area (Å²) in [6.07, 6.45) is 0. The van der Waals surface area contributed by atoms with Crippen LogP contribution in [0.4, 0.5) is 11.5 Å². The third kappa shape index (κ3) is 3.33. The van der Waals surface area contributed by atoms with Crippen LogP contribution in [0.1, 0.15) is 13.8 Å². The Labute approximate surface area is 121 Å². The third-order valence-electron chi connectivity index (χ3n) is 2.34. The number of thiocarbonyl (C=S) groups is 2. The van der Waals surface area contributed by atoms with Gasteiger partial charge >= 0.3 is 0 Å². The number of hydrazine groups is 1. The highest BCUT2D eigenvalue weighted by Crippen LogP contribution is 2.33. The van der Waals surface area contributed by atoms with Gasteiger partial charge in [-0.15, -0.1) is 10.2 Å². The van der Waals surface area contributed by atoms with E-state index in [2.05, 4.69) is 26.1 Å². The minimum absolute atomic E-state index is 0.476. The first-order valence-corrected chi connectivity index (χ1v) is 6.45. The molecule has 2 aromatic rings. The van der Waals surface area contributed by atoms with Gasteiger partial charge in [-0.05, 0) is 19.9 Å². The van der Waals surface area contributed by atoms with E-state index in [1.165, 1.54) is 0 Å². The van der Waals surface area contributed by atoms with Crippen molar-refractivity contribution in [3.8, 4) is 0 Å². The Morgan fingerprint density at radius 3 is 2.63 bits per heavy atom. The Kier molecular flexibility index (Phi) is 4.18. The average Bonchev–Trinajstić information content (AvgIpc) is 2.71. The molecule has 0 aliphatic carbocycles. The summed E-state index contributed by atoms with van der Waals surface area (Å²) in [7, 11) is 0. The number of fused-ring (bicyclic) bond motifs is 1. The van der Waals surface area contributed by atoms with E-state index < -0.39 is 0 Å². The number of azo groups is 1. The zero-order valence-electron chi connectivity index (χ0n) is 10.5. The van der Waals surface area contributed by atoms with Crippen molar-refractivity contribution in [1.29, 1.82) is 0 Å². The molecule has 5 nitrogen and oxygen atoms in total. The Hall–Kier alpha value is -1.86. The van der Waals surface area contributed by atoms with E-state index in [4.69, 9.17) is 24.4 Å². The summed E-state index contributed by atoms with van der Waals surface area (Å²) in [6.45, 7) is 3.51. The fourth-order valence-electron chi connectivity index (χ4n) is 1.60. The lowest BCUT2D eigenvalue weighted by Crippen LogP contribution is -2.24. The maximum atomic E-state index is 4.98. The van der Waals surface area contributed by atoms with Gasteiger partial charge in [-0.3, -0.25) is 10.9 Å². The molecule has 98 valence electrons. The molecule has 0 saturated carbocycles. The summed E-state index contributed by atoms with van der Waals surface area (Å²) in [5.74, 6) is 0.606. The molecule has 0 atom stereocenters. The summed E-state index contributed by atoms with van der Waals surface area (Å²) in [5, 5.41) is 9.01. The highest BCUT2D eigenvalue weighted by Gasteiger charge is 2.10. The van der Waals surface area contributed by atoms with Crippen LogP contribution < -0.4 is 10.9 Å². The van der Waals surface area contributed by atoms with Gasteiger partial charge in [0.1, 0.15) is 10.7 Å². The Balaban J connectivity index is 2.45. The number of aromatic amines is 1. The highest BCUT2D eigenvalue weighted by molar-refractivity contribution is 7.80. The van der Waals surface area contributed by atoms with Crippen molar-refractivity contribution in [1.82, 2.24) is 10.4 Å². The molecule has 0 saturated heterocycles. The van der Waals surface area contributed by atoms with E-state index in [1.807, 2.05) is 24.3 Å². The number of hydrogen-bond donors (Lipinski definition) is 3. The van der Waals surface area contributed by atoms with Crippen molar-refractivity contribution >= 4 is 56.8 Å². The lowest BCUT2D eigenvalue weighted by Gasteiger charge is -2.07. The number of anilines is 1. The second kappa shape index (κ2) is 5.85. The van der Waals surface area contributed by atoms with Gasteiger partial charge in [-0.1, -0.05) is 42.6 Å². The molecule has 19 heavy (non-hydrogen) atoms. The Bertz CT molecular complexity index is 659. The largest absolute Gasteiger partial charge is 0.336 e. The molecular formula is C12H13N5S2. The molecule has 0 spiro atoms. The quantitative estimate of drug-likeness (QED) is 0.456. The van der Waals surface area contributed by atoms with Crippen molar-refractivity contribution in [3.05, 3.63) is 24.3 Å². The Morgan fingerprint density at radius 2 is 1.95 bits per heavy atom. The summed E-state index contributed by atoms with van der Waals surface area (Å²) >= 11 is 9.88. The molecule has 0 radical (unpaired) electrons. The van der Waals surface area contributed by atoms with Gasteiger partial charge < -0.3 is 4.98 Å². The van der Waals surface area contributed by atoms with Crippen LogP contribution in [0.5, 0.6) is 0 Å². The monoisotopic (exact) mass is 291 g/mol. The molecular weight excluding hydrogens is 278 g/mol. The standard InChI is InChI=1S/C12H13N5S2/c1-7(18)14-16-11-9-5-3-4-6-10(9)13-12(11)17-15-8(2)19/h3-6,13,16H,1-2H3,(H,14,18). The zero-order valence-corrected chi connectivity index (χ0v) is 12.2. The molecule has 3 N–H and O–H groups in total. The SMILES string of the molecule is CC(=S)N=Nc1[nH]c2ccccc2c1NNC(C)=S. The van der Waals surface area contributed by atoms with E-state index in [0.29, 0.717) is 15.8 Å². The van der Waals surface area contributed by atoms with Gasteiger partial charge in [0, 0.05) is 10.9 Å². The van der Waals surface area contributed by atoms with E-state index >= 15 is 0 Å². The van der Waals surface area contributed by atoms with Gasteiger partial charge in [-0.25, -0.2) is 0 Å². The van der Waals surface area contributed by atoms with E-state index in [1.54, 1.807) is 13.8 Å². The number of aromatic nitrogens is 1. The third-order valence-corrected chi connectivity index (χ3v) is 2.52. The van der Waals surface area contributed by atoms with Gasteiger partial charge in [0.2, 0.25) is 0 Å². The lowest BCUT2D eigenvalue weighted by molar-refractivity contribution is 1.13. The van der Waals surface area contributed by atoms with Crippen LogP contribution >= 0.6 is 24.4 Å². The second-order valence-corrected chi connectivity index (χ2v) is 5.12. The molecule has 0 amide bonds. The van der Waals surface area contributed by atoms with E-state index in [-0.39, 0.29) is 0 Å². The average molecular weight is 291 g/mol. The number of H-pyrrole nitrogens is 1. The minimum atomic E-state index is 0.476. The van der Waals surface area contributed by atoms with Crippen molar-refractivity contribution in [2.24, 2.45) is 10.2 Å². The van der Waals surface area contributed by atoms with E-state index in [0.717, 1.165) is 16.6 Å². The predicted molar refractivity (Wildman–Crippen MR) is 86.1 cm³/mol. The van der Waals surface area contributed by atoms with Crippen LogP contribution in [0.15, 0.2) is 34.5 Å². The van der Waals surface area contributed by atoms with Gasteiger partial charge in [0.25, 0.3) is 0 Å². The van der Waals surface area contributed by atoms with Crippen LogP contribution in [0.25, 0.3) is 10.9 Å². The van der Waals surface area contributed by atoms with Crippen molar-refractivity contribution in [2.45, 2.75) is 13.8 Å². The molecule has 7 heteroatoms. The number of rotatable bonds is 3. The molecule has 1 aromatic carbocycles. The van der Waals surface area contributed by atoms with Crippen molar-refractivity contribution in [2.75, 3.05) is 5.43 Å². The molecule has 0 unspecified atom stereocenters. The number of nitrogens with one attached hydrogen (secondary N) is 3. The van der Waals surface area contributed by atoms with Gasteiger partial charge in [0.05, 0.1) is 4.99 Å². The molecule has 1 aromatic heterocycles. The molecule has 0 aliphatic rings. The molecule has 2 rings (SSSR count). The normalized spacial score (nSPS) is 10.8. The molecule has 0 fully saturated rings. The number of para-hydroxylation sites is 1. The molecule has 0 bridgehead atoms. The molecule has 0 aliphatic heterocycles. The maximum Gasteiger partial charge on any atom is 0.178 e. The van der Waals surface area contributed by atoms with Crippen LogP contribution in [0.3, 0.4) is 0 Å². The first-order valence-electron chi connectivity index (χ1n) is 5.63. The van der Waals surface area contributed by atoms with Crippen molar-refractivity contribution < 1.29 is 0 Å². The van der Waals surface area contributed by atoms with E-state index in [9.17, 15) is 0 Å².